The second-order valence-electron chi connectivity index (χ2n) is 4.99. The van der Waals surface area contributed by atoms with Crippen LogP contribution in [-0.2, 0) is 4.79 Å². The van der Waals surface area contributed by atoms with E-state index in [1.807, 2.05) is 19.9 Å². The highest BCUT2D eigenvalue weighted by Crippen LogP contribution is 2.27. The number of carbonyl (C=O) groups is 1. The second-order valence-corrected chi connectivity index (χ2v) is 4.99. The van der Waals surface area contributed by atoms with Crippen LogP contribution in [0.3, 0.4) is 0 Å². The Labute approximate surface area is 112 Å². The van der Waals surface area contributed by atoms with Gasteiger partial charge >= 0.3 is 0 Å². The lowest BCUT2D eigenvalue weighted by atomic mass is 9.87. The number of rotatable bonds is 3. The predicted octanol–water partition coefficient (Wildman–Crippen LogP) is 1.02. The third kappa shape index (κ3) is 3.64. The van der Waals surface area contributed by atoms with Gasteiger partial charge in [0.2, 0.25) is 11.8 Å². The number of hydrogen-bond donors (Lipinski definition) is 2. The molecule has 1 saturated carbocycles. The van der Waals surface area contributed by atoms with E-state index in [4.69, 9.17) is 10.6 Å². The summed E-state index contributed by atoms with van der Waals surface area (Å²) in [6.07, 6.45) is 3.42. The Morgan fingerprint density at radius 3 is 2.58 bits per heavy atom. The number of ether oxygens (including phenoxy) is 1. The third-order valence-corrected chi connectivity index (χ3v) is 3.42. The molecule has 0 radical (unpaired) electrons. The maximum absolute atomic E-state index is 11.4. The van der Waals surface area contributed by atoms with Gasteiger partial charge in [0, 0.05) is 17.7 Å². The van der Waals surface area contributed by atoms with Crippen LogP contribution in [0.5, 0.6) is 5.88 Å². The zero-order valence-corrected chi connectivity index (χ0v) is 11.3. The molecule has 0 unspecified atom stereocenters. The summed E-state index contributed by atoms with van der Waals surface area (Å²) < 4.78 is 5.86. The van der Waals surface area contributed by atoms with Crippen LogP contribution in [-0.4, -0.2) is 22.0 Å². The maximum atomic E-state index is 11.4. The lowest BCUT2D eigenvalue weighted by Gasteiger charge is -2.27. The Kier molecular flexibility index (Phi) is 4.31. The minimum absolute atomic E-state index is 0.0127. The fourth-order valence-corrected chi connectivity index (χ4v) is 2.47. The van der Waals surface area contributed by atoms with Gasteiger partial charge in [-0.25, -0.2) is 10.8 Å². The Morgan fingerprint density at radius 2 is 2.00 bits per heavy atom. The highest BCUT2D eigenvalue weighted by Gasteiger charge is 2.27. The minimum Gasteiger partial charge on any atom is -0.474 e. The van der Waals surface area contributed by atoms with E-state index in [-0.39, 0.29) is 17.9 Å². The molecule has 0 aliphatic heterocycles. The smallest absolute Gasteiger partial charge is 0.236 e. The number of nitrogens with two attached hydrogens (primary N) is 1. The van der Waals surface area contributed by atoms with E-state index < -0.39 is 0 Å². The molecule has 1 aromatic rings. The first-order valence-corrected chi connectivity index (χ1v) is 6.58. The highest BCUT2D eigenvalue weighted by molar-refractivity contribution is 5.77. The number of nitrogens with zero attached hydrogens (tertiary/aromatic N) is 2. The van der Waals surface area contributed by atoms with Gasteiger partial charge in [-0.05, 0) is 39.5 Å². The van der Waals surface area contributed by atoms with Gasteiger partial charge < -0.3 is 4.74 Å². The van der Waals surface area contributed by atoms with Gasteiger partial charge in [-0.15, -0.1) is 0 Å². The molecule has 3 N–H and O–H groups in total. The summed E-state index contributed by atoms with van der Waals surface area (Å²) >= 11 is 0. The average molecular weight is 264 g/mol. The van der Waals surface area contributed by atoms with Crippen molar-refractivity contribution < 1.29 is 9.53 Å². The van der Waals surface area contributed by atoms with Crippen molar-refractivity contribution in [2.75, 3.05) is 0 Å². The third-order valence-electron chi connectivity index (χ3n) is 3.42. The molecular weight excluding hydrogens is 244 g/mol. The van der Waals surface area contributed by atoms with E-state index in [0.29, 0.717) is 11.7 Å². The van der Waals surface area contributed by atoms with Crippen LogP contribution in [0.1, 0.15) is 37.2 Å². The van der Waals surface area contributed by atoms with Crippen LogP contribution in [0.2, 0.25) is 0 Å². The van der Waals surface area contributed by atoms with Gasteiger partial charge in [-0.2, -0.15) is 4.98 Å². The largest absolute Gasteiger partial charge is 0.474 e. The lowest BCUT2D eigenvalue weighted by Crippen LogP contribution is -2.38. The fourth-order valence-electron chi connectivity index (χ4n) is 2.47. The number of hydrogen-bond acceptors (Lipinski definition) is 5. The molecule has 0 saturated heterocycles. The number of nitrogens with one attached hydrogen (secondary N) is 1. The first kappa shape index (κ1) is 13.7. The molecule has 1 aromatic heterocycles. The average Bonchev–Trinajstić information content (AvgIpc) is 2.37. The van der Waals surface area contributed by atoms with Crippen molar-refractivity contribution in [3.8, 4) is 5.88 Å². The van der Waals surface area contributed by atoms with Crippen LogP contribution in [0, 0.1) is 19.8 Å². The van der Waals surface area contributed by atoms with Gasteiger partial charge in [0.05, 0.1) is 0 Å². The number of hydrazine groups is 1. The number of carbonyl (C=O) groups excluding carboxylic acids is 1. The van der Waals surface area contributed by atoms with Crippen LogP contribution < -0.4 is 16.0 Å². The first-order chi connectivity index (χ1) is 9.08. The van der Waals surface area contributed by atoms with Gasteiger partial charge in [-0.1, -0.05) is 0 Å². The van der Waals surface area contributed by atoms with Crippen molar-refractivity contribution in [2.24, 2.45) is 11.8 Å². The molecule has 6 heteroatoms. The van der Waals surface area contributed by atoms with Crippen LogP contribution in [0.25, 0.3) is 0 Å². The summed E-state index contributed by atoms with van der Waals surface area (Å²) in [5, 5.41) is 0. The Hall–Kier alpha value is -1.69. The lowest BCUT2D eigenvalue weighted by molar-refractivity contribution is -0.126. The van der Waals surface area contributed by atoms with Crippen molar-refractivity contribution in [2.45, 2.75) is 45.6 Å². The fraction of sp³-hybridized carbons (Fsp3) is 0.615. The van der Waals surface area contributed by atoms with Crippen molar-refractivity contribution in [1.29, 1.82) is 0 Å². The first-order valence-electron chi connectivity index (χ1n) is 6.58. The van der Waals surface area contributed by atoms with Crippen LogP contribution in [0.15, 0.2) is 6.07 Å². The van der Waals surface area contributed by atoms with E-state index in [1.54, 1.807) is 0 Å². The van der Waals surface area contributed by atoms with Crippen LogP contribution >= 0.6 is 0 Å². The summed E-state index contributed by atoms with van der Waals surface area (Å²) in [7, 11) is 0. The standard InChI is InChI=1S/C13H20N4O2/c1-8-7-12(16-9(2)15-8)19-11-5-3-10(4-6-11)13(18)17-14/h7,10-11H,3-6,14H2,1-2H3,(H,17,18). The topological polar surface area (TPSA) is 90.1 Å². The Morgan fingerprint density at radius 1 is 1.32 bits per heavy atom. The normalized spacial score (nSPS) is 22.9. The zero-order chi connectivity index (χ0) is 13.8. The van der Waals surface area contributed by atoms with E-state index >= 15 is 0 Å². The SMILES string of the molecule is Cc1cc(OC2CCC(C(=O)NN)CC2)nc(C)n1. The molecule has 1 aliphatic carbocycles. The van der Waals surface area contributed by atoms with Crippen molar-refractivity contribution in [3.63, 3.8) is 0 Å². The molecule has 0 aromatic carbocycles. The quantitative estimate of drug-likeness (QED) is 0.483. The molecule has 1 heterocycles. The summed E-state index contributed by atoms with van der Waals surface area (Å²) in [5.41, 5.74) is 3.12. The number of aryl methyl sites for hydroxylation is 2. The van der Waals surface area contributed by atoms with E-state index in [1.165, 1.54) is 0 Å². The van der Waals surface area contributed by atoms with E-state index in [0.717, 1.165) is 31.4 Å². The zero-order valence-electron chi connectivity index (χ0n) is 11.3. The Bertz CT molecular complexity index is 436. The number of aromatic nitrogens is 2. The predicted molar refractivity (Wildman–Crippen MR) is 70.2 cm³/mol. The minimum atomic E-state index is -0.0767. The van der Waals surface area contributed by atoms with Crippen LogP contribution in [0.4, 0.5) is 0 Å². The maximum Gasteiger partial charge on any atom is 0.236 e. The monoisotopic (exact) mass is 264 g/mol. The molecule has 0 atom stereocenters. The summed E-state index contributed by atoms with van der Waals surface area (Å²) in [6, 6.07) is 1.84. The van der Waals surface area contributed by atoms with E-state index in [9.17, 15) is 4.79 Å². The van der Waals surface area contributed by atoms with Gasteiger partial charge in [0.15, 0.2) is 0 Å². The van der Waals surface area contributed by atoms with Gasteiger partial charge in [0.25, 0.3) is 0 Å². The molecular formula is C13H20N4O2. The molecule has 1 aliphatic rings. The summed E-state index contributed by atoms with van der Waals surface area (Å²) in [5.74, 6) is 6.42. The molecule has 1 fully saturated rings. The second kappa shape index (κ2) is 5.97. The molecule has 0 bridgehead atoms. The number of amides is 1. The van der Waals surface area contributed by atoms with Gasteiger partial charge in [0.1, 0.15) is 11.9 Å². The van der Waals surface area contributed by atoms with Crippen molar-refractivity contribution >= 4 is 5.91 Å². The molecule has 2 rings (SSSR count). The molecule has 1 amide bonds. The van der Waals surface area contributed by atoms with Crippen molar-refractivity contribution in [3.05, 3.63) is 17.6 Å². The van der Waals surface area contributed by atoms with Gasteiger partial charge in [-0.3, -0.25) is 10.2 Å². The molecule has 104 valence electrons. The highest BCUT2D eigenvalue weighted by atomic mass is 16.5. The van der Waals surface area contributed by atoms with E-state index in [2.05, 4.69) is 15.4 Å². The molecule has 19 heavy (non-hydrogen) atoms. The molecule has 6 nitrogen and oxygen atoms in total. The summed E-state index contributed by atoms with van der Waals surface area (Å²) in [4.78, 5) is 19.9. The Balaban J connectivity index is 1.90. The van der Waals surface area contributed by atoms with Crippen molar-refractivity contribution in [1.82, 2.24) is 15.4 Å². The molecule has 0 spiro atoms. The summed E-state index contributed by atoms with van der Waals surface area (Å²) in [6.45, 7) is 3.77.